The van der Waals surface area contributed by atoms with E-state index in [9.17, 15) is 5.21 Å². The van der Waals surface area contributed by atoms with Crippen molar-refractivity contribution in [1.82, 2.24) is 0 Å². The molecule has 0 aliphatic heterocycles. The van der Waals surface area contributed by atoms with Crippen molar-refractivity contribution in [2.24, 2.45) is 5.92 Å². The van der Waals surface area contributed by atoms with Gasteiger partial charge in [-0.05, 0) is 13.8 Å². The molecule has 0 aromatic heterocycles. The summed E-state index contributed by atoms with van der Waals surface area (Å²) in [4.78, 5) is 0. The minimum absolute atomic E-state index is 0.0763. The van der Waals surface area contributed by atoms with Gasteiger partial charge in [0.1, 0.15) is 0 Å². The first kappa shape index (κ1) is 8.47. The van der Waals surface area contributed by atoms with E-state index in [4.69, 9.17) is 0 Å². The molecule has 0 atom stereocenters. The Labute approximate surface area is 56.8 Å². The molecule has 0 heterocycles. The third-order valence-corrected chi connectivity index (χ3v) is 0.954. The lowest BCUT2D eigenvalue weighted by molar-refractivity contribution is -0.489. The van der Waals surface area contributed by atoms with Crippen molar-refractivity contribution >= 4 is 6.21 Å². The molecule has 54 valence electrons. The fourth-order valence-electron chi connectivity index (χ4n) is 0.466. The highest BCUT2D eigenvalue weighted by Gasteiger charge is 1.99. The molecule has 0 aliphatic rings. The summed E-state index contributed by atoms with van der Waals surface area (Å²) < 4.78 is 0.991. The lowest BCUT2D eigenvalue weighted by Gasteiger charge is -2.07. The number of hydrogen-bond donors (Lipinski definition) is 0. The van der Waals surface area contributed by atoms with Crippen LogP contribution in [0.15, 0.2) is 0 Å². The van der Waals surface area contributed by atoms with E-state index >= 15 is 0 Å². The van der Waals surface area contributed by atoms with Gasteiger partial charge in [-0.15, -0.1) is 0 Å². The SMILES string of the molecule is CC(C)/C=[N+](/[O-])C(C)C. The Morgan fingerprint density at radius 2 is 1.67 bits per heavy atom. The van der Waals surface area contributed by atoms with Crippen molar-refractivity contribution in [3.05, 3.63) is 5.21 Å². The van der Waals surface area contributed by atoms with Crippen LogP contribution >= 0.6 is 0 Å². The molecule has 0 rings (SSSR count). The number of nitrogens with zero attached hydrogens (tertiary/aromatic N) is 1. The van der Waals surface area contributed by atoms with Gasteiger partial charge in [-0.2, -0.15) is 0 Å². The molecular weight excluding hydrogens is 114 g/mol. The summed E-state index contributed by atoms with van der Waals surface area (Å²) in [5.41, 5.74) is 0. The molecule has 0 unspecified atom stereocenters. The van der Waals surface area contributed by atoms with E-state index in [0.717, 1.165) is 4.74 Å². The van der Waals surface area contributed by atoms with E-state index in [1.807, 2.05) is 27.7 Å². The number of hydrogen-bond acceptors (Lipinski definition) is 1. The molecule has 0 aliphatic carbocycles. The van der Waals surface area contributed by atoms with E-state index in [1.54, 1.807) is 6.21 Å². The van der Waals surface area contributed by atoms with Gasteiger partial charge in [-0.25, -0.2) is 4.74 Å². The first-order valence-corrected chi connectivity index (χ1v) is 3.34. The Hall–Kier alpha value is -0.530. The van der Waals surface area contributed by atoms with Gasteiger partial charge in [0.2, 0.25) is 0 Å². The van der Waals surface area contributed by atoms with E-state index in [1.165, 1.54) is 0 Å². The standard InChI is InChI=1S/C7H15NO/c1-6(2)5-8(9)7(3)4/h5-7H,1-4H3/b8-5+. The van der Waals surface area contributed by atoms with Crippen LogP contribution in [0, 0.1) is 11.1 Å². The highest BCUT2D eigenvalue weighted by atomic mass is 16.5. The molecule has 0 N–H and O–H groups in total. The molecule has 0 spiro atoms. The molecule has 2 nitrogen and oxygen atoms in total. The van der Waals surface area contributed by atoms with E-state index < -0.39 is 0 Å². The Morgan fingerprint density at radius 1 is 1.22 bits per heavy atom. The second-order valence-electron chi connectivity index (χ2n) is 2.85. The topological polar surface area (TPSA) is 26.1 Å². The normalized spacial score (nSPS) is 13.3. The molecular formula is C7H15NO. The number of rotatable bonds is 2. The minimum atomic E-state index is 0.0763. The monoisotopic (exact) mass is 129 g/mol. The van der Waals surface area contributed by atoms with Crippen molar-refractivity contribution in [1.29, 1.82) is 0 Å². The Kier molecular flexibility index (Phi) is 3.28. The maximum Gasteiger partial charge on any atom is 0.157 e. The van der Waals surface area contributed by atoms with Crippen molar-refractivity contribution < 1.29 is 4.74 Å². The van der Waals surface area contributed by atoms with Gasteiger partial charge in [0, 0.05) is 5.92 Å². The van der Waals surface area contributed by atoms with Crippen molar-refractivity contribution in [3.8, 4) is 0 Å². The molecule has 0 saturated carbocycles. The molecule has 0 amide bonds. The summed E-state index contributed by atoms with van der Waals surface area (Å²) in [5, 5.41) is 10.8. The fourth-order valence-corrected chi connectivity index (χ4v) is 0.466. The van der Waals surface area contributed by atoms with Crippen molar-refractivity contribution in [2.45, 2.75) is 33.7 Å². The smallest absolute Gasteiger partial charge is 0.157 e. The quantitative estimate of drug-likeness (QED) is 0.241. The third-order valence-electron chi connectivity index (χ3n) is 0.954. The fraction of sp³-hybridized carbons (Fsp3) is 0.857. The first-order valence-electron chi connectivity index (χ1n) is 3.34. The van der Waals surface area contributed by atoms with Gasteiger partial charge in [0.05, 0.1) is 0 Å². The molecule has 0 saturated heterocycles. The minimum Gasteiger partial charge on any atom is -0.624 e. The summed E-state index contributed by atoms with van der Waals surface area (Å²) in [5.74, 6) is 0.352. The molecule has 0 fully saturated rings. The maximum atomic E-state index is 10.8. The molecule has 0 radical (unpaired) electrons. The molecule has 0 aromatic carbocycles. The van der Waals surface area contributed by atoms with Crippen LogP contribution in [-0.2, 0) is 0 Å². The van der Waals surface area contributed by atoms with Crippen molar-refractivity contribution in [3.63, 3.8) is 0 Å². The Morgan fingerprint density at radius 3 is 1.78 bits per heavy atom. The van der Waals surface area contributed by atoms with Gasteiger partial charge >= 0.3 is 0 Å². The zero-order valence-corrected chi connectivity index (χ0v) is 6.59. The maximum absolute atomic E-state index is 10.8. The lowest BCUT2D eigenvalue weighted by atomic mass is 10.2. The van der Waals surface area contributed by atoms with E-state index in [0.29, 0.717) is 5.92 Å². The van der Waals surface area contributed by atoms with Gasteiger partial charge in [-0.3, -0.25) is 0 Å². The zero-order chi connectivity index (χ0) is 7.44. The molecule has 9 heavy (non-hydrogen) atoms. The third kappa shape index (κ3) is 4.01. The average molecular weight is 129 g/mol. The molecule has 0 aromatic rings. The van der Waals surface area contributed by atoms with Crippen LogP contribution in [0.25, 0.3) is 0 Å². The summed E-state index contributed by atoms with van der Waals surface area (Å²) in [6.07, 6.45) is 1.69. The van der Waals surface area contributed by atoms with Gasteiger partial charge in [-0.1, -0.05) is 13.8 Å². The first-order chi connectivity index (χ1) is 4.04. The molecule has 0 bridgehead atoms. The average Bonchev–Trinajstić information content (AvgIpc) is 1.63. The highest BCUT2D eigenvalue weighted by molar-refractivity contribution is 5.53. The van der Waals surface area contributed by atoms with Crippen LogP contribution in [0.2, 0.25) is 0 Å². The second kappa shape index (κ2) is 3.49. The van der Waals surface area contributed by atoms with Crippen LogP contribution in [0.4, 0.5) is 0 Å². The summed E-state index contributed by atoms with van der Waals surface area (Å²) >= 11 is 0. The van der Waals surface area contributed by atoms with Crippen LogP contribution in [0.1, 0.15) is 27.7 Å². The zero-order valence-electron chi connectivity index (χ0n) is 6.59. The highest BCUT2D eigenvalue weighted by Crippen LogP contribution is 1.89. The summed E-state index contributed by atoms with van der Waals surface area (Å²) in [7, 11) is 0. The predicted molar refractivity (Wildman–Crippen MR) is 39.7 cm³/mol. The Bertz CT molecular complexity index is 105. The van der Waals surface area contributed by atoms with E-state index in [2.05, 4.69) is 0 Å². The summed E-state index contributed by atoms with van der Waals surface area (Å²) in [6, 6.07) is 0.0763. The molecule has 2 heteroatoms. The van der Waals surface area contributed by atoms with E-state index in [-0.39, 0.29) is 6.04 Å². The Balaban J connectivity index is 3.84. The van der Waals surface area contributed by atoms with Gasteiger partial charge < -0.3 is 5.21 Å². The number of hydroxylamine groups is 1. The van der Waals surface area contributed by atoms with Crippen LogP contribution in [-0.4, -0.2) is 17.0 Å². The van der Waals surface area contributed by atoms with Crippen LogP contribution in [0.5, 0.6) is 0 Å². The van der Waals surface area contributed by atoms with Crippen LogP contribution < -0.4 is 0 Å². The van der Waals surface area contributed by atoms with Gasteiger partial charge in [0.25, 0.3) is 0 Å². The predicted octanol–water partition coefficient (Wildman–Crippen LogP) is 1.63. The largest absolute Gasteiger partial charge is 0.624 e. The van der Waals surface area contributed by atoms with Gasteiger partial charge in [0.15, 0.2) is 12.3 Å². The van der Waals surface area contributed by atoms with Crippen molar-refractivity contribution in [2.75, 3.05) is 0 Å². The second-order valence-corrected chi connectivity index (χ2v) is 2.85. The lowest BCUT2D eigenvalue weighted by Crippen LogP contribution is -2.16. The summed E-state index contributed by atoms with van der Waals surface area (Å²) in [6.45, 7) is 7.75. The van der Waals surface area contributed by atoms with Crippen LogP contribution in [0.3, 0.4) is 0 Å².